The first-order valence-electron chi connectivity index (χ1n) is 12.0. The van der Waals surface area contributed by atoms with Gasteiger partial charge in [0.1, 0.15) is 11.6 Å². The van der Waals surface area contributed by atoms with Gasteiger partial charge >= 0.3 is 0 Å². The lowest BCUT2D eigenvalue weighted by Crippen LogP contribution is -2.26. The van der Waals surface area contributed by atoms with Crippen LogP contribution in [0.4, 0.5) is 14.5 Å². The van der Waals surface area contributed by atoms with Gasteiger partial charge in [-0.05, 0) is 66.2 Å². The van der Waals surface area contributed by atoms with E-state index in [9.17, 15) is 18.4 Å². The number of nitrogens with zero attached hydrogens (tertiary/aromatic N) is 2. The van der Waals surface area contributed by atoms with Crippen molar-refractivity contribution in [2.75, 3.05) is 5.32 Å². The first kappa shape index (κ1) is 27.0. The fourth-order valence-corrected chi connectivity index (χ4v) is 3.95. The normalized spacial score (nSPS) is 11.3. The van der Waals surface area contributed by atoms with Crippen LogP contribution in [0.3, 0.4) is 0 Å². The van der Waals surface area contributed by atoms with E-state index in [0.29, 0.717) is 16.3 Å². The Kier molecular flexibility index (Phi) is 7.92. The number of aromatic nitrogens is 2. The Morgan fingerprint density at radius 1 is 0.974 bits per heavy atom. The lowest BCUT2D eigenvalue weighted by molar-refractivity contribution is -0.120. The molecule has 4 rings (SSSR count). The summed E-state index contributed by atoms with van der Waals surface area (Å²) in [6.45, 7) is 6.36. The SMILES string of the molecule is CC(C)(C)c1cc(CNC(=O)Cc2ccc(C(=O)Nc3ccc(F)cc3)c(F)c2)n(-c2cccc(Cl)c2)n1. The van der Waals surface area contributed by atoms with Gasteiger partial charge in [0.25, 0.3) is 5.91 Å². The highest BCUT2D eigenvalue weighted by atomic mass is 35.5. The van der Waals surface area contributed by atoms with Crippen molar-refractivity contribution in [2.45, 2.75) is 39.2 Å². The maximum absolute atomic E-state index is 14.7. The largest absolute Gasteiger partial charge is 0.350 e. The number of hydrogen-bond acceptors (Lipinski definition) is 3. The summed E-state index contributed by atoms with van der Waals surface area (Å²) in [5, 5.41) is 10.7. The van der Waals surface area contributed by atoms with Crippen molar-refractivity contribution in [2.24, 2.45) is 0 Å². The molecule has 0 unspecified atom stereocenters. The molecular weight excluding hydrogens is 510 g/mol. The van der Waals surface area contributed by atoms with Crippen LogP contribution < -0.4 is 10.6 Å². The van der Waals surface area contributed by atoms with Crippen molar-refractivity contribution < 1.29 is 18.4 Å². The molecule has 0 radical (unpaired) electrons. The van der Waals surface area contributed by atoms with E-state index >= 15 is 0 Å². The molecule has 196 valence electrons. The number of benzene rings is 3. The van der Waals surface area contributed by atoms with Crippen LogP contribution in [-0.2, 0) is 23.2 Å². The van der Waals surface area contributed by atoms with Crippen LogP contribution in [0.2, 0.25) is 5.02 Å². The Morgan fingerprint density at radius 2 is 1.71 bits per heavy atom. The van der Waals surface area contributed by atoms with Crippen molar-refractivity contribution >= 4 is 29.1 Å². The molecule has 4 aromatic rings. The predicted octanol–water partition coefficient (Wildman–Crippen LogP) is 6.21. The lowest BCUT2D eigenvalue weighted by atomic mass is 9.92. The van der Waals surface area contributed by atoms with Crippen LogP contribution in [0.5, 0.6) is 0 Å². The third kappa shape index (κ3) is 6.63. The molecule has 2 amide bonds. The summed E-state index contributed by atoms with van der Waals surface area (Å²) in [5.41, 5.74) is 2.77. The molecule has 1 aromatic heterocycles. The van der Waals surface area contributed by atoms with Gasteiger partial charge in [-0.3, -0.25) is 9.59 Å². The van der Waals surface area contributed by atoms with Crippen LogP contribution in [0.1, 0.15) is 48.1 Å². The zero-order valence-corrected chi connectivity index (χ0v) is 21.9. The summed E-state index contributed by atoms with van der Waals surface area (Å²) in [5.74, 6) is -2.19. The van der Waals surface area contributed by atoms with Crippen molar-refractivity contribution in [3.8, 4) is 5.69 Å². The second-order valence-corrected chi connectivity index (χ2v) is 10.3. The van der Waals surface area contributed by atoms with Gasteiger partial charge in [-0.1, -0.05) is 44.5 Å². The number of carbonyl (C=O) groups is 2. The molecule has 0 atom stereocenters. The molecule has 38 heavy (non-hydrogen) atoms. The number of halogens is 3. The van der Waals surface area contributed by atoms with E-state index in [2.05, 4.69) is 31.4 Å². The topological polar surface area (TPSA) is 76.0 Å². The van der Waals surface area contributed by atoms with Gasteiger partial charge in [0.2, 0.25) is 5.91 Å². The molecular formula is C29H27ClF2N4O2. The average molecular weight is 537 g/mol. The number of amides is 2. The molecule has 0 saturated carbocycles. The summed E-state index contributed by atoms with van der Waals surface area (Å²) in [6.07, 6.45) is -0.0752. The van der Waals surface area contributed by atoms with Gasteiger partial charge in [0.15, 0.2) is 0 Å². The van der Waals surface area contributed by atoms with Gasteiger partial charge in [-0.15, -0.1) is 0 Å². The quantitative estimate of drug-likeness (QED) is 0.295. The van der Waals surface area contributed by atoms with Crippen LogP contribution in [-0.4, -0.2) is 21.6 Å². The molecule has 0 aliphatic heterocycles. The third-order valence-corrected chi connectivity index (χ3v) is 6.05. The van der Waals surface area contributed by atoms with E-state index in [1.807, 2.05) is 18.2 Å². The van der Waals surface area contributed by atoms with Crippen LogP contribution in [0, 0.1) is 11.6 Å². The number of rotatable bonds is 7. The highest BCUT2D eigenvalue weighted by Gasteiger charge is 2.21. The third-order valence-electron chi connectivity index (χ3n) is 5.82. The predicted molar refractivity (Wildman–Crippen MR) is 144 cm³/mol. The summed E-state index contributed by atoms with van der Waals surface area (Å²) in [4.78, 5) is 25.1. The lowest BCUT2D eigenvalue weighted by Gasteiger charge is -2.14. The Hall–Kier alpha value is -4.04. The summed E-state index contributed by atoms with van der Waals surface area (Å²) < 4.78 is 29.5. The maximum Gasteiger partial charge on any atom is 0.258 e. The van der Waals surface area contributed by atoms with Crippen molar-refractivity contribution in [3.63, 3.8) is 0 Å². The van der Waals surface area contributed by atoms with E-state index in [4.69, 9.17) is 16.7 Å². The molecule has 0 saturated heterocycles. The number of nitrogens with one attached hydrogen (secondary N) is 2. The highest BCUT2D eigenvalue weighted by molar-refractivity contribution is 6.30. The Morgan fingerprint density at radius 3 is 2.37 bits per heavy atom. The molecule has 9 heteroatoms. The molecule has 0 spiro atoms. The minimum absolute atomic E-state index is 0.0752. The molecule has 6 nitrogen and oxygen atoms in total. The highest BCUT2D eigenvalue weighted by Crippen LogP contribution is 2.25. The minimum atomic E-state index is -0.760. The van der Waals surface area contributed by atoms with E-state index in [1.165, 1.54) is 36.4 Å². The molecule has 0 fully saturated rings. The fourth-order valence-electron chi connectivity index (χ4n) is 3.77. The Labute approximate surface area is 224 Å². The van der Waals surface area contributed by atoms with Gasteiger partial charge < -0.3 is 10.6 Å². The van der Waals surface area contributed by atoms with E-state index < -0.39 is 17.5 Å². The zero-order valence-electron chi connectivity index (χ0n) is 21.2. The first-order valence-corrected chi connectivity index (χ1v) is 12.3. The standard InChI is InChI=1S/C29H27ClF2N4O2/c1-29(2,3)26-16-23(36(35-26)22-6-4-5-19(30)15-22)17-33-27(37)14-18-7-12-24(25(32)13-18)28(38)34-21-10-8-20(31)9-11-21/h4-13,15-16H,14,17H2,1-3H3,(H,33,37)(H,34,38). The van der Waals surface area contributed by atoms with Gasteiger partial charge in [0.05, 0.1) is 35.6 Å². The Bertz CT molecular complexity index is 1480. The van der Waals surface area contributed by atoms with Crippen LogP contribution in [0.15, 0.2) is 72.8 Å². The second kappa shape index (κ2) is 11.1. The molecule has 0 bridgehead atoms. The molecule has 0 aliphatic rings. The minimum Gasteiger partial charge on any atom is -0.350 e. The van der Waals surface area contributed by atoms with Crippen molar-refractivity contribution in [1.82, 2.24) is 15.1 Å². The summed E-state index contributed by atoms with van der Waals surface area (Å²) in [7, 11) is 0. The molecule has 1 heterocycles. The number of hydrogen-bond donors (Lipinski definition) is 2. The smallest absolute Gasteiger partial charge is 0.258 e. The van der Waals surface area contributed by atoms with E-state index in [0.717, 1.165) is 23.1 Å². The fraction of sp³-hybridized carbons (Fsp3) is 0.207. The van der Waals surface area contributed by atoms with Gasteiger partial charge in [0, 0.05) is 16.1 Å². The van der Waals surface area contributed by atoms with Crippen LogP contribution >= 0.6 is 11.6 Å². The molecule has 0 aliphatic carbocycles. The summed E-state index contributed by atoms with van der Waals surface area (Å²) in [6, 6.07) is 18.4. The van der Waals surface area contributed by atoms with E-state index in [1.54, 1.807) is 16.8 Å². The molecule has 3 aromatic carbocycles. The monoisotopic (exact) mass is 536 g/mol. The average Bonchev–Trinajstić information content (AvgIpc) is 3.29. The maximum atomic E-state index is 14.7. The van der Waals surface area contributed by atoms with Crippen molar-refractivity contribution in [1.29, 1.82) is 0 Å². The Balaban J connectivity index is 1.43. The van der Waals surface area contributed by atoms with Crippen LogP contribution in [0.25, 0.3) is 5.69 Å². The summed E-state index contributed by atoms with van der Waals surface area (Å²) >= 11 is 6.17. The first-order chi connectivity index (χ1) is 18.0. The zero-order chi connectivity index (χ0) is 27.4. The number of carbonyl (C=O) groups excluding carboxylic acids is 2. The molecule has 2 N–H and O–H groups in total. The van der Waals surface area contributed by atoms with E-state index in [-0.39, 0.29) is 29.9 Å². The van der Waals surface area contributed by atoms with Gasteiger partial charge in [-0.25, -0.2) is 13.5 Å². The van der Waals surface area contributed by atoms with Crippen molar-refractivity contribution in [3.05, 3.63) is 112 Å². The second-order valence-electron chi connectivity index (χ2n) is 9.89. The number of anilines is 1. The van der Waals surface area contributed by atoms with Gasteiger partial charge in [-0.2, -0.15) is 5.10 Å².